The lowest BCUT2D eigenvalue weighted by Crippen LogP contribution is -2.41. The van der Waals surface area contributed by atoms with E-state index in [0.717, 1.165) is 84.9 Å². The van der Waals surface area contributed by atoms with Crippen LogP contribution in [0.4, 0.5) is 5.82 Å². The van der Waals surface area contributed by atoms with E-state index in [4.69, 9.17) is 21.1 Å². The second-order valence-electron chi connectivity index (χ2n) is 9.06. The molecule has 0 aliphatic carbocycles. The van der Waals surface area contributed by atoms with Gasteiger partial charge in [-0.05, 0) is 73.0 Å². The van der Waals surface area contributed by atoms with Crippen molar-refractivity contribution in [2.45, 2.75) is 38.8 Å². The number of rotatable bonds is 5. The zero-order valence-electron chi connectivity index (χ0n) is 19.1. The summed E-state index contributed by atoms with van der Waals surface area (Å²) in [6.07, 6.45) is 4.10. The van der Waals surface area contributed by atoms with Crippen molar-refractivity contribution in [1.82, 2.24) is 14.5 Å². The van der Waals surface area contributed by atoms with Gasteiger partial charge in [-0.3, -0.25) is 4.57 Å². The number of ether oxygens (including phenoxy) is 2. The van der Waals surface area contributed by atoms with Gasteiger partial charge in [0.2, 0.25) is 0 Å². The number of hydrogen-bond donors (Lipinski definition) is 0. The van der Waals surface area contributed by atoms with Crippen LogP contribution in [0.1, 0.15) is 26.7 Å². The quantitative estimate of drug-likeness (QED) is 0.404. The van der Waals surface area contributed by atoms with Crippen molar-refractivity contribution in [3.05, 3.63) is 46.2 Å². The second kappa shape index (κ2) is 9.82. The number of likely N-dealkylation sites (tertiary alicyclic amines) is 1. The normalized spacial score (nSPS) is 18.4. The molecule has 0 amide bonds. The largest absolute Gasteiger partial charge is 0.489 e. The molecule has 0 saturated carbocycles. The number of fused-ring (bicyclic) bond motifs is 1. The Morgan fingerprint density at radius 3 is 2.55 bits per heavy atom. The zero-order chi connectivity index (χ0) is 22.9. The van der Waals surface area contributed by atoms with Crippen molar-refractivity contribution in [2.75, 3.05) is 44.3 Å². The fourth-order valence-electron chi connectivity index (χ4n) is 4.80. The molecule has 0 unspecified atom stereocenters. The number of hydrogen-bond acceptors (Lipinski definition) is 5. The highest BCUT2D eigenvalue weighted by molar-refractivity contribution is 9.10. The van der Waals surface area contributed by atoms with Crippen molar-refractivity contribution >= 4 is 44.3 Å². The van der Waals surface area contributed by atoms with Gasteiger partial charge in [0, 0.05) is 43.8 Å². The first-order valence-electron chi connectivity index (χ1n) is 11.7. The van der Waals surface area contributed by atoms with Crippen LogP contribution in [0.15, 0.2) is 41.0 Å². The lowest BCUT2D eigenvalue weighted by atomic mass is 10.1. The summed E-state index contributed by atoms with van der Waals surface area (Å²) in [5.41, 5.74) is 2.10. The highest BCUT2D eigenvalue weighted by Crippen LogP contribution is 2.38. The summed E-state index contributed by atoms with van der Waals surface area (Å²) >= 11 is 10.0. The van der Waals surface area contributed by atoms with Gasteiger partial charge in [0.25, 0.3) is 0 Å². The van der Waals surface area contributed by atoms with E-state index in [1.54, 1.807) is 6.20 Å². The smallest absolute Gasteiger partial charge is 0.134 e. The van der Waals surface area contributed by atoms with Gasteiger partial charge in [-0.15, -0.1) is 0 Å². The fraction of sp³-hybridized carbons (Fsp3) is 0.480. The molecule has 2 saturated heterocycles. The number of pyridine rings is 1. The standard InChI is InChI=1S/C25H30BrClN4O2/c1-17(2)29-7-4-20(5-8-29)33-23-13-18-14-25(30-9-11-32-12-10-30)31(22(18)16-21(23)26)19-3-6-28-24(27)15-19/h3,6,13-17,20H,4-5,7-12H2,1-2H3. The molecule has 176 valence electrons. The average molecular weight is 534 g/mol. The second-order valence-corrected chi connectivity index (χ2v) is 10.3. The van der Waals surface area contributed by atoms with Crippen LogP contribution < -0.4 is 9.64 Å². The Labute approximate surface area is 208 Å². The minimum atomic E-state index is 0.244. The SMILES string of the molecule is CC(C)N1CCC(Oc2cc3cc(N4CCOCC4)n(-c4ccnc(Cl)c4)c3cc2Br)CC1. The molecule has 4 heterocycles. The van der Waals surface area contributed by atoms with E-state index in [9.17, 15) is 0 Å². The zero-order valence-corrected chi connectivity index (χ0v) is 21.5. The number of nitrogens with zero attached hydrogens (tertiary/aromatic N) is 4. The van der Waals surface area contributed by atoms with Crippen LogP contribution in [-0.2, 0) is 4.74 Å². The Morgan fingerprint density at radius 2 is 1.85 bits per heavy atom. The Kier molecular flexibility index (Phi) is 6.84. The molecule has 0 bridgehead atoms. The Morgan fingerprint density at radius 1 is 1.09 bits per heavy atom. The summed E-state index contributed by atoms with van der Waals surface area (Å²) in [7, 11) is 0. The number of aromatic nitrogens is 2. The number of benzene rings is 1. The summed E-state index contributed by atoms with van der Waals surface area (Å²) < 4.78 is 15.3. The molecule has 1 aromatic carbocycles. The average Bonchev–Trinajstić information content (AvgIpc) is 3.18. The number of piperidine rings is 1. The number of halogens is 2. The van der Waals surface area contributed by atoms with Gasteiger partial charge in [-0.2, -0.15) is 0 Å². The molecule has 0 spiro atoms. The van der Waals surface area contributed by atoms with Crippen molar-refractivity contribution in [3.8, 4) is 11.4 Å². The van der Waals surface area contributed by atoms with E-state index in [1.165, 1.54) is 0 Å². The first kappa shape index (κ1) is 23.0. The molecule has 2 aliphatic heterocycles. The summed E-state index contributed by atoms with van der Waals surface area (Å²) in [5.74, 6) is 2.04. The third-order valence-corrected chi connectivity index (χ3v) is 7.47. The summed E-state index contributed by atoms with van der Waals surface area (Å²) in [4.78, 5) is 9.06. The topological polar surface area (TPSA) is 42.8 Å². The van der Waals surface area contributed by atoms with Gasteiger partial charge in [0.05, 0.1) is 28.9 Å². The lowest BCUT2D eigenvalue weighted by molar-refractivity contribution is 0.0839. The van der Waals surface area contributed by atoms with Crippen LogP contribution in [0.2, 0.25) is 5.15 Å². The van der Waals surface area contributed by atoms with Crippen molar-refractivity contribution < 1.29 is 9.47 Å². The molecule has 2 aliphatic rings. The van der Waals surface area contributed by atoms with E-state index in [2.05, 4.69) is 67.3 Å². The molecule has 3 aromatic rings. The maximum absolute atomic E-state index is 6.49. The van der Waals surface area contributed by atoms with Crippen molar-refractivity contribution in [1.29, 1.82) is 0 Å². The highest BCUT2D eigenvalue weighted by Gasteiger charge is 2.24. The van der Waals surface area contributed by atoms with E-state index >= 15 is 0 Å². The lowest BCUT2D eigenvalue weighted by Gasteiger charge is -2.34. The Hall–Kier alpha value is -1.80. The van der Waals surface area contributed by atoms with Gasteiger partial charge in [0.1, 0.15) is 22.8 Å². The minimum Gasteiger partial charge on any atom is -0.489 e. The number of anilines is 1. The monoisotopic (exact) mass is 532 g/mol. The predicted octanol–water partition coefficient (Wildman–Crippen LogP) is 5.53. The molecule has 0 atom stereocenters. The fourth-order valence-corrected chi connectivity index (χ4v) is 5.40. The van der Waals surface area contributed by atoms with Gasteiger partial charge in [-0.1, -0.05) is 11.6 Å². The van der Waals surface area contributed by atoms with Gasteiger partial charge in [0.15, 0.2) is 0 Å². The molecule has 6 nitrogen and oxygen atoms in total. The maximum Gasteiger partial charge on any atom is 0.134 e. The maximum atomic E-state index is 6.49. The Bertz CT molecular complexity index is 1120. The molecular formula is C25H30BrClN4O2. The summed E-state index contributed by atoms with van der Waals surface area (Å²) in [6.45, 7) is 9.86. The van der Waals surface area contributed by atoms with E-state index in [-0.39, 0.29) is 6.10 Å². The molecular weight excluding hydrogens is 504 g/mol. The third kappa shape index (κ3) is 4.87. The van der Waals surface area contributed by atoms with E-state index < -0.39 is 0 Å². The summed E-state index contributed by atoms with van der Waals surface area (Å²) in [6, 6.07) is 11.1. The van der Waals surface area contributed by atoms with E-state index in [1.807, 2.05) is 12.1 Å². The van der Waals surface area contributed by atoms with Crippen LogP contribution in [0.25, 0.3) is 16.6 Å². The number of morpholine rings is 1. The van der Waals surface area contributed by atoms with Crippen LogP contribution in [-0.4, -0.2) is 66.0 Å². The molecule has 2 fully saturated rings. The van der Waals surface area contributed by atoms with Crippen molar-refractivity contribution in [3.63, 3.8) is 0 Å². The van der Waals surface area contributed by atoms with Gasteiger partial charge in [-0.25, -0.2) is 4.98 Å². The van der Waals surface area contributed by atoms with Crippen LogP contribution in [0.3, 0.4) is 0 Å². The van der Waals surface area contributed by atoms with Gasteiger partial charge >= 0.3 is 0 Å². The van der Waals surface area contributed by atoms with Gasteiger partial charge < -0.3 is 19.3 Å². The minimum absolute atomic E-state index is 0.244. The van der Waals surface area contributed by atoms with Crippen LogP contribution >= 0.6 is 27.5 Å². The molecule has 33 heavy (non-hydrogen) atoms. The molecule has 0 N–H and O–H groups in total. The van der Waals surface area contributed by atoms with Crippen LogP contribution in [0, 0.1) is 0 Å². The first-order chi connectivity index (χ1) is 16.0. The van der Waals surface area contributed by atoms with E-state index in [0.29, 0.717) is 11.2 Å². The first-order valence-corrected chi connectivity index (χ1v) is 12.9. The highest BCUT2D eigenvalue weighted by atomic mass is 79.9. The predicted molar refractivity (Wildman–Crippen MR) is 137 cm³/mol. The molecule has 0 radical (unpaired) electrons. The summed E-state index contributed by atoms with van der Waals surface area (Å²) in [5, 5.41) is 1.62. The molecule has 8 heteroatoms. The van der Waals surface area contributed by atoms with Crippen molar-refractivity contribution in [2.24, 2.45) is 0 Å². The molecule has 5 rings (SSSR count). The molecule has 2 aromatic heterocycles. The third-order valence-electron chi connectivity index (χ3n) is 6.64. The van der Waals surface area contributed by atoms with Crippen LogP contribution in [0.5, 0.6) is 5.75 Å². The Balaban J connectivity index is 1.50.